The zero-order chi connectivity index (χ0) is 31.6. The average molecular weight is 607 g/mol. The molecule has 222 valence electrons. The Kier molecular flexibility index (Phi) is 5.98. The molecule has 0 amide bonds. The van der Waals surface area contributed by atoms with Crippen LogP contribution in [-0.4, -0.2) is 0 Å². The predicted octanol–water partition coefficient (Wildman–Crippen LogP) is 13.6. The molecule has 0 saturated heterocycles. The Morgan fingerprint density at radius 1 is 0.229 bits per heavy atom. The van der Waals surface area contributed by atoms with Crippen molar-refractivity contribution in [1.29, 1.82) is 0 Å². The van der Waals surface area contributed by atoms with Gasteiger partial charge in [-0.3, -0.25) is 0 Å². The zero-order valence-electron chi connectivity index (χ0n) is 26.3. The highest BCUT2D eigenvalue weighted by Gasteiger charge is 2.20. The Bertz CT molecular complexity index is 2890. The molecule has 0 nitrogen and oxygen atoms in total. The molecule has 0 aliphatic carbocycles. The van der Waals surface area contributed by atoms with Crippen molar-refractivity contribution >= 4 is 64.6 Å². The first-order valence-electron chi connectivity index (χ1n) is 16.7. The van der Waals surface area contributed by atoms with E-state index in [0.717, 1.165) is 0 Å². The average Bonchev–Trinajstić information content (AvgIpc) is 3.16. The van der Waals surface area contributed by atoms with Crippen LogP contribution in [0.15, 0.2) is 182 Å². The van der Waals surface area contributed by atoms with Gasteiger partial charge in [0.1, 0.15) is 0 Å². The maximum Gasteiger partial charge on any atom is -0.00141 e. The largest absolute Gasteiger partial charge is 0.0616 e. The summed E-state index contributed by atoms with van der Waals surface area (Å²) in [5.74, 6) is 0. The molecule has 0 saturated carbocycles. The molecule has 10 rings (SSSR count). The molecule has 0 spiro atoms. The molecule has 10 aromatic rings. The summed E-state index contributed by atoms with van der Waals surface area (Å²) >= 11 is 0. The van der Waals surface area contributed by atoms with Crippen molar-refractivity contribution in [2.45, 2.75) is 0 Å². The predicted molar refractivity (Wildman–Crippen MR) is 208 cm³/mol. The topological polar surface area (TPSA) is 0 Å². The van der Waals surface area contributed by atoms with Crippen LogP contribution in [0.5, 0.6) is 0 Å². The van der Waals surface area contributed by atoms with Gasteiger partial charge in [0.2, 0.25) is 0 Å². The quantitative estimate of drug-likeness (QED) is 0.139. The van der Waals surface area contributed by atoms with E-state index in [0.29, 0.717) is 0 Å². The van der Waals surface area contributed by atoms with Crippen LogP contribution in [-0.2, 0) is 0 Å². The summed E-state index contributed by atoms with van der Waals surface area (Å²) in [4.78, 5) is 0. The van der Waals surface area contributed by atoms with Gasteiger partial charge in [-0.05, 0) is 110 Å². The van der Waals surface area contributed by atoms with Crippen LogP contribution in [0.3, 0.4) is 0 Å². The smallest absolute Gasteiger partial charge is 0.00141 e. The van der Waals surface area contributed by atoms with Gasteiger partial charge in [-0.2, -0.15) is 0 Å². The van der Waals surface area contributed by atoms with E-state index in [1.165, 1.54) is 98.0 Å². The van der Waals surface area contributed by atoms with Crippen LogP contribution in [0.2, 0.25) is 0 Å². The fourth-order valence-electron chi connectivity index (χ4n) is 8.01. The Balaban J connectivity index is 1.33. The highest BCUT2D eigenvalue weighted by molar-refractivity contribution is 6.29. The number of hydrogen-bond donors (Lipinski definition) is 0. The maximum absolute atomic E-state index is 2.37. The Morgan fingerprint density at radius 3 is 1.38 bits per heavy atom. The van der Waals surface area contributed by atoms with Gasteiger partial charge in [0, 0.05) is 0 Å². The zero-order valence-corrected chi connectivity index (χ0v) is 26.3. The Labute approximate surface area is 279 Å². The standard InChI is InChI=1S/C48H30/c1-3-14-34-29-36(23-21-31(34)11-1)38-27-28-44(41-18-8-7-17-40(38)41)47-43-20-10-9-19-42(43)46(37-24-22-32-12-2-4-15-35(32)30-37)48-39-16-6-5-13-33(39)25-26-45(47)48/h1-30H. The van der Waals surface area contributed by atoms with Gasteiger partial charge >= 0.3 is 0 Å². The molecule has 0 heterocycles. The molecule has 0 fully saturated rings. The number of rotatable bonds is 3. The van der Waals surface area contributed by atoms with Gasteiger partial charge in [0.15, 0.2) is 0 Å². The second-order valence-electron chi connectivity index (χ2n) is 12.8. The first kappa shape index (κ1) is 26.9. The molecule has 0 aliphatic rings. The normalized spacial score (nSPS) is 11.8. The van der Waals surface area contributed by atoms with Crippen LogP contribution in [0.25, 0.3) is 98.0 Å². The van der Waals surface area contributed by atoms with E-state index in [2.05, 4.69) is 182 Å². The molecular weight excluding hydrogens is 577 g/mol. The lowest BCUT2D eigenvalue weighted by molar-refractivity contribution is 1.66. The summed E-state index contributed by atoms with van der Waals surface area (Å²) in [6.45, 7) is 0. The number of hydrogen-bond acceptors (Lipinski definition) is 0. The lowest BCUT2D eigenvalue weighted by atomic mass is 9.82. The van der Waals surface area contributed by atoms with Crippen molar-refractivity contribution in [1.82, 2.24) is 0 Å². The molecule has 0 atom stereocenters. The van der Waals surface area contributed by atoms with Gasteiger partial charge in [0.05, 0.1) is 0 Å². The first-order chi connectivity index (χ1) is 23.8. The number of fused-ring (bicyclic) bond motifs is 7. The van der Waals surface area contributed by atoms with Gasteiger partial charge in [-0.15, -0.1) is 0 Å². The molecule has 0 unspecified atom stereocenters. The molecule has 0 aromatic heterocycles. The van der Waals surface area contributed by atoms with Crippen molar-refractivity contribution in [2.24, 2.45) is 0 Å². The van der Waals surface area contributed by atoms with Crippen molar-refractivity contribution in [2.75, 3.05) is 0 Å². The molecule has 0 radical (unpaired) electrons. The van der Waals surface area contributed by atoms with E-state index >= 15 is 0 Å². The van der Waals surface area contributed by atoms with Crippen LogP contribution in [0.1, 0.15) is 0 Å². The summed E-state index contributed by atoms with van der Waals surface area (Å²) in [5, 5.41) is 15.2. The van der Waals surface area contributed by atoms with E-state index in [1.807, 2.05) is 0 Å². The highest BCUT2D eigenvalue weighted by Crippen LogP contribution is 2.48. The van der Waals surface area contributed by atoms with Gasteiger partial charge in [-0.1, -0.05) is 170 Å². The summed E-state index contributed by atoms with van der Waals surface area (Å²) in [7, 11) is 0. The Morgan fingerprint density at radius 2 is 0.688 bits per heavy atom. The van der Waals surface area contributed by atoms with Crippen molar-refractivity contribution < 1.29 is 0 Å². The lowest BCUT2D eigenvalue weighted by Crippen LogP contribution is -1.93. The Hall–Kier alpha value is -6.24. The monoisotopic (exact) mass is 606 g/mol. The third kappa shape index (κ3) is 4.10. The fraction of sp³-hybridized carbons (Fsp3) is 0. The molecule has 10 aromatic carbocycles. The second-order valence-corrected chi connectivity index (χ2v) is 12.8. The van der Waals surface area contributed by atoms with Crippen molar-refractivity contribution in [3.63, 3.8) is 0 Å². The number of benzene rings is 10. The lowest BCUT2D eigenvalue weighted by Gasteiger charge is -2.21. The van der Waals surface area contributed by atoms with Crippen molar-refractivity contribution in [3.05, 3.63) is 182 Å². The van der Waals surface area contributed by atoms with Gasteiger partial charge in [-0.25, -0.2) is 0 Å². The molecular formula is C48H30. The first-order valence-corrected chi connectivity index (χ1v) is 16.7. The minimum Gasteiger partial charge on any atom is -0.0616 e. The SMILES string of the molecule is c1ccc2cc(-c3ccc(-c4c5ccccc5c(-c5ccc6ccccc6c5)c5c4ccc4ccccc45)c4ccccc34)ccc2c1. The molecule has 48 heavy (non-hydrogen) atoms. The third-order valence-electron chi connectivity index (χ3n) is 10.2. The molecule has 0 bridgehead atoms. The van der Waals surface area contributed by atoms with Crippen LogP contribution < -0.4 is 0 Å². The molecule has 0 N–H and O–H groups in total. The summed E-state index contributed by atoms with van der Waals surface area (Å²) in [5.41, 5.74) is 7.59. The van der Waals surface area contributed by atoms with Crippen LogP contribution in [0.4, 0.5) is 0 Å². The summed E-state index contributed by atoms with van der Waals surface area (Å²) < 4.78 is 0. The second kappa shape index (κ2) is 10.7. The van der Waals surface area contributed by atoms with Gasteiger partial charge in [0.25, 0.3) is 0 Å². The van der Waals surface area contributed by atoms with Crippen LogP contribution in [0, 0.1) is 0 Å². The summed E-state index contributed by atoms with van der Waals surface area (Å²) in [6, 6.07) is 67.2. The maximum atomic E-state index is 2.37. The molecule has 0 aliphatic heterocycles. The summed E-state index contributed by atoms with van der Waals surface area (Å²) in [6.07, 6.45) is 0. The van der Waals surface area contributed by atoms with E-state index in [-0.39, 0.29) is 0 Å². The van der Waals surface area contributed by atoms with E-state index < -0.39 is 0 Å². The fourth-order valence-corrected chi connectivity index (χ4v) is 8.01. The minimum atomic E-state index is 1.24. The minimum absolute atomic E-state index is 1.24. The van der Waals surface area contributed by atoms with E-state index in [4.69, 9.17) is 0 Å². The van der Waals surface area contributed by atoms with E-state index in [1.54, 1.807) is 0 Å². The van der Waals surface area contributed by atoms with Crippen molar-refractivity contribution in [3.8, 4) is 33.4 Å². The van der Waals surface area contributed by atoms with Gasteiger partial charge < -0.3 is 0 Å². The molecule has 0 heteroatoms. The van der Waals surface area contributed by atoms with Crippen LogP contribution >= 0.6 is 0 Å². The highest BCUT2D eigenvalue weighted by atomic mass is 14.2. The third-order valence-corrected chi connectivity index (χ3v) is 10.2. The van der Waals surface area contributed by atoms with E-state index in [9.17, 15) is 0 Å².